The number of sulfone groups is 1. The van der Waals surface area contributed by atoms with Gasteiger partial charge in [0, 0.05) is 17.5 Å². The molecule has 32 heavy (non-hydrogen) atoms. The summed E-state index contributed by atoms with van der Waals surface area (Å²) < 4.78 is 33.8. The molecule has 166 valence electrons. The molecule has 1 unspecified atom stereocenters. The Labute approximate surface area is 190 Å². The largest absolute Gasteiger partial charge is 0.495 e. The Kier molecular flexibility index (Phi) is 7.17. The molecule has 0 spiro atoms. The van der Waals surface area contributed by atoms with Crippen LogP contribution in [-0.4, -0.2) is 33.7 Å². The predicted molar refractivity (Wildman–Crippen MR) is 121 cm³/mol. The monoisotopic (exact) mass is 473 g/mol. The zero-order chi connectivity index (χ0) is 23.3. The first-order valence-corrected chi connectivity index (χ1v) is 11.7. The third kappa shape index (κ3) is 5.66. The summed E-state index contributed by atoms with van der Waals surface area (Å²) in [6.45, 7) is 0. The Bertz CT molecular complexity index is 1230. The molecule has 0 aliphatic carbocycles. The minimum Gasteiger partial charge on any atom is -0.495 e. The maximum Gasteiger partial charge on any atom is 0.339 e. The molecule has 0 saturated heterocycles. The molecule has 3 aromatic rings. The van der Waals surface area contributed by atoms with Crippen molar-refractivity contribution in [2.45, 2.75) is 11.0 Å². The zero-order valence-electron chi connectivity index (χ0n) is 17.2. The maximum absolute atomic E-state index is 13.0. The van der Waals surface area contributed by atoms with Gasteiger partial charge in [-0.05, 0) is 42.5 Å². The van der Waals surface area contributed by atoms with Crippen LogP contribution in [0.25, 0.3) is 0 Å². The van der Waals surface area contributed by atoms with Crippen LogP contribution in [-0.2, 0) is 19.4 Å². The van der Waals surface area contributed by atoms with Crippen LogP contribution >= 0.6 is 11.6 Å². The van der Waals surface area contributed by atoms with Gasteiger partial charge < -0.3 is 14.8 Å². The number of rotatable bonds is 7. The topological polar surface area (TPSA) is 98.8 Å². The van der Waals surface area contributed by atoms with E-state index in [-0.39, 0.29) is 10.5 Å². The van der Waals surface area contributed by atoms with Gasteiger partial charge in [-0.1, -0.05) is 41.9 Å². The van der Waals surface area contributed by atoms with Crippen LogP contribution in [0.15, 0.2) is 77.7 Å². The lowest BCUT2D eigenvalue weighted by atomic mass is 10.1. The number of anilines is 1. The molecule has 3 rings (SSSR count). The van der Waals surface area contributed by atoms with Crippen LogP contribution in [0, 0.1) is 0 Å². The van der Waals surface area contributed by atoms with Gasteiger partial charge in [0.05, 0.1) is 22.6 Å². The number of hydrogen-bond donors (Lipinski definition) is 1. The van der Waals surface area contributed by atoms with Gasteiger partial charge in [-0.15, -0.1) is 0 Å². The van der Waals surface area contributed by atoms with Crippen LogP contribution in [0.2, 0.25) is 5.02 Å². The molecule has 0 aliphatic heterocycles. The standard InChI is InChI=1S/C23H20ClNO6S/c1-30-20-13-10-17(14-19(20)24)25-22(26)21(15-6-4-3-5-7-15)31-23(27)16-8-11-18(12-9-16)32(2,28)29/h3-14,21H,1-2H3,(H,25,26). The number of nitrogens with one attached hydrogen (secondary N) is 1. The highest BCUT2D eigenvalue weighted by Crippen LogP contribution is 2.28. The first kappa shape index (κ1) is 23.3. The molecular formula is C23H20ClNO6S. The van der Waals surface area contributed by atoms with E-state index in [1.54, 1.807) is 42.5 Å². The maximum atomic E-state index is 13.0. The summed E-state index contributed by atoms with van der Waals surface area (Å²) in [6.07, 6.45) is -0.180. The third-order valence-electron chi connectivity index (χ3n) is 4.50. The van der Waals surface area contributed by atoms with E-state index in [0.717, 1.165) is 6.26 Å². The Hall–Kier alpha value is -3.36. The third-order valence-corrected chi connectivity index (χ3v) is 5.93. The van der Waals surface area contributed by atoms with Gasteiger partial charge in [-0.2, -0.15) is 0 Å². The highest BCUT2D eigenvalue weighted by Gasteiger charge is 2.26. The summed E-state index contributed by atoms with van der Waals surface area (Å²) in [7, 11) is -1.92. The van der Waals surface area contributed by atoms with E-state index >= 15 is 0 Å². The summed E-state index contributed by atoms with van der Waals surface area (Å²) in [6, 6.07) is 18.5. The number of ether oxygens (including phenoxy) is 2. The second-order valence-electron chi connectivity index (χ2n) is 6.83. The van der Waals surface area contributed by atoms with Gasteiger partial charge >= 0.3 is 5.97 Å². The van der Waals surface area contributed by atoms with Crippen molar-refractivity contribution in [1.29, 1.82) is 0 Å². The van der Waals surface area contributed by atoms with Crippen molar-refractivity contribution in [3.8, 4) is 5.75 Å². The summed E-state index contributed by atoms with van der Waals surface area (Å²) in [5, 5.41) is 2.99. The summed E-state index contributed by atoms with van der Waals surface area (Å²) in [5.41, 5.74) is 0.972. The molecular weight excluding hydrogens is 454 g/mol. The van der Waals surface area contributed by atoms with Gasteiger partial charge in [0.25, 0.3) is 5.91 Å². The fourth-order valence-corrected chi connectivity index (χ4v) is 3.75. The molecule has 0 heterocycles. The summed E-state index contributed by atoms with van der Waals surface area (Å²) >= 11 is 6.11. The summed E-state index contributed by atoms with van der Waals surface area (Å²) in [4.78, 5) is 25.8. The second kappa shape index (κ2) is 9.84. The van der Waals surface area contributed by atoms with Crippen LogP contribution < -0.4 is 10.1 Å². The Morgan fingerprint density at radius 2 is 1.62 bits per heavy atom. The smallest absolute Gasteiger partial charge is 0.339 e. The molecule has 0 radical (unpaired) electrons. The molecule has 0 aliphatic rings. The highest BCUT2D eigenvalue weighted by molar-refractivity contribution is 7.90. The van der Waals surface area contributed by atoms with E-state index in [2.05, 4.69) is 5.32 Å². The van der Waals surface area contributed by atoms with Crippen molar-refractivity contribution in [2.24, 2.45) is 0 Å². The fourth-order valence-electron chi connectivity index (χ4n) is 2.87. The minimum absolute atomic E-state index is 0.0720. The lowest BCUT2D eigenvalue weighted by Gasteiger charge is -2.18. The number of carbonyl (C=O) groups excluding carboxylic acids is 2. The molecule has 0 bridgehead atoms. The normalized spacial score (nSPS) is 12.0. The van der Waals surface area contributed by atoms with Crippen LogP contribution in [0.5, 0.6) is 5.75 Å². The van der Waals surface area contributed by atoms with E-state index in [4.69, 9.17) is 21.1 Å². The average Bonchev–Trinajstić information content (AvgIpc) is 2.77. The first-order chi connectivity index (χ1) is 15.2. The van der Waals surface area contributed by atoms with Crippen LogP contribution in [0.4, 0.5) is 5.69 Å². The summed E-state index contributed by atoms with van der Waals surface area (Å²) in [5.74, 6) is -0.909. The van der Waals surface area contributed by atoms with E-state index in [9.17, 15) is 18.0 Å². The van der Waals surface area contributed by atoms with Gasteiger partial charge in [-0.3, -0.25) is 4.79 Å². The molecule has 1 atom stereocenters. The quantitative estimate of drug-likeness (QED) is 0.514. The van der Waals surface area contributed by atoms with E-state index in [0.29, 0.717) is 22.0 Å². The van der Waals surface area contributed by atoms with Crippen LogP contribution in [0.1, 0.15) is 22.0 Å². The Morgan fingerprint density at radius 1 is 0.969 bits per heavy atom. The molecule has 9 heteroatoms. The molecule has 0 aromatic heterocycles. The minimum atomic E-state index is -3.40. The SMILES string of the molecule is COc1ccc(NC(=O)C(OC(=O)c2ccc(S(C)(=O)=O)cc2)c2ccccc2)cc1Cl. The molecule has 1 amide bonds. The lowest BCUT2D eigenvalue weighted by Crippen LogP contribution is -2.26. The first-order valence-electron chi connectivity index (χ1n) is 9.39. The van der Waals surface area contributed by atoms with Crippen molar-refractivity contribution in [2.75, 3.05) is 18.7 Å². The van der Waals surface area contributed by atoms with E-state index in [1.807, 2.05) is 0 Å². The molecule has 0 fully saturated rings. The average molecular weight is 474 g/mol. The number of esters is 1. The molecule has 0 saturated carbocycles. The number of amides is 1. The molecule has 3 aromatic carbocycles. The van der Waals surface area contributed by atoms with Crippen molar-refractivity contribution in [1.82, 2.24) is 0 Å². The van der Waals surface area contributed by atoms with Gasteiger partial charge in [0.15, 0.2) is 9.84 Å². The van der Waals surface area contributed by atoms with Gasteiger partial charge in [0.1, 0.15) is 5.75 Å². The van der Waals surface area contributed by atoms with Gasteiger partial charge in [-0.25, -0.2) is 13.2 Å². The fraction of sp³-hybridized carbons (Fsp3) is 0.130. The number of hydrogen-bond acceptors (Lipinski definition) is 6. The van der Waals surface area contributed by atoms with Crippen molar-refractivity contribution in [3.05, 3.63) is 88.9 Å². The number of carbonyl (C=O) groups is 2. The van der Waals surface area contributed by atoms with Crippen molar-refractivity contribution in [3.63, 3.8) is 0 Å². The molecule has 7 nitrogen and oxygen atoms in total. The molecule has 1 N–H and O–H groups in total. The lowest BCUT2D eigenvalue weighted by molar-refractivity contribution is -0.125. The Balaban J connectivity index is 1.84. The zero-order valence-corrected chi connectivity index (χ0v) is 18.8. The Morgan fingerprint density at radius 3 is 2.19 bits per heavy atom. The van der Waals surface area contributed by atoms with E-state index < -0.39 is 27.8 Å². The van der Waals surface area contributed by atoms with Crippen molar-refractivity contribution < 1.29 is 27.5 Å². The second-order valence-corrected chi connectivity index (χ2v) is 9.25. The van der Waals surface area contributed by atoms with Crippen LogP contribution in [0.3, 0.4) is 0 Å². The predicted octanol–water partition coefficient (Wildman–Crippen LogP) is 4.29. The highest BCUT2D eigenvalue weighted by atomic mass is 35.5. The number of halogens is 1. The van der Waals surface area contributed by atoms with Crippen molar-refractivity contribution >= 4 is 39.0 Å². The number of benzene rings is 3. The van der Waals surface area contributed by atoms with E-state index in [1.165, 1.54) is 37.4 Å². The number of methoxy groups -OCH3 is 1. The van der Waals surface area contributed by atoms with Gasteiger partial charge in [0.2, 0.25) is 6.10 Å².